The quantitative estimate of drug-likeness (QED) is 0.220. The molecule has 0 bridgehead atoms. The van der Waals surface area contributed by atoms with Crippen LogP contribution in [0.1, 0.15) is 11.1 Å². The third-order valence-corrected chi connectivity index (χ3v) is 5.77. The molecule has 0 unspecified atom stereocenters. The third-order valence-electron chi connectivity index (χ3n) is 4.63. The van der Waals surface area contributed by atoms with Crippen LogP contribution in [0.4, 0.5) is 25.2 Å². The minimum atomic E-state index is -10.7. The van der Waals surface area contributed by atoms with Crippen LogP contribution < -0.4 is 0 Å². The molecule has 4 rings (SSSR count). The number of benzene rings is 2. The first-order valence-corrected chi connectivity index (χ1v) is 12.9. The predicted molar refractivity (Wildman–Crippen MR) is 132 cm³/mol. The van der Waals surface area contributed by atoms with Crippen molar-refractivity contribution in [2.45, 2.75) is 0 Å². The van der Waals surface area contributed by atoms with Crippen LogP contribution in [0.5, 0.6) is 0 Å². The van der Waals surface area contributed by atoms with Gasteiger partial charge in [0.1, 0.15) is 14.1 Å². The molecule has 1 heterocycles. The SMILES string of the molecule is C[N+](C)=C1C=CC(=C2C=C(c3ccccc3)C=C(c3ccccc3)S2)C=C1.F[P-](F)(F)(F)(F)F. The molecule has 0 saturated carbocycles. The van der Waals surface area contributed by atoms with Gasteiger partial charge in [0, 0.05) is 22.0 Å². The third kappa shape index (κ3) is 8.84. The molecular formula is C25H22F6NPS. The van der Waals surface area contributed by atoms with E-state index in [1.165, 1.54) is 37.8 Å². The van der Waals surface area contributed by atoms with Gasteiger partial charge in [-0.05, 0) is 46.6 Å². The molecule has 180 valence electrons. The van der Waals surface area contributed by atoms with Gasteiger partial charge < -0.3 is 0 Å². The molecule has 2 aromatic rings. The molecule has 0 amide bonds. The van der Waals surface area contributed by atoms with Gasteiger partial charge in [0.05, 0.1) is 0 Å². The molecule has 0 N–H and O–H groups in total. The fourth-order valence-corrected chi connectivity index (χ4v) is 4.23. The van der Waals surface area contributed by atoms with Crippen LogP contribution in [0.15, 0.2) is 108 Å². The summed E-state index contributed by atoms with van der Waals surface area (Å²) in [5.74, 6) is 0. The summed E-state index contributed by atoms with van der Waals surface area (Å²) in [5, 5.41) is 0. The zero-order valence-corrected chi connectivity index (χ0v) is 20.0. The van der Waals surface area contributed by atoms with Crippen molar-refractivity contribution in [1.82, 2.24) is 0 Å². The van der Waals surface area contributed by atoms with Crippen LogP contribution in [0.2, 0.25) is 0 Å². The Bertz CT molecular complexity index is 1220. The fraction of sp³-hybridized carbons (Fsp3) is 0.0800. The summed E-state index contributed by atoms with van der Waals surface area (Å²) in [5.41, 5.74) is 6.21. The average Bonchev–Trinajstić information content (AvgIpc) is 2.78. The van der Waals surface area contributed by atoms with E-state index < -0.39 is 7.81 Å². The van der Waals surface area contributed by atoms with Crippen LogP contribution in [0, 0.1) is 0 Å². The van der Waals surface area contributed by atoms with Crippen LogP contribution in [0.3, 0.4) is 0 Å². The Labute approximate surface area is 198 Å². The first-order chi connectivity index (χ1) is 15.7. The van der Waals surface area contributed by atoms with Crippen molar-refractivity contribution in [3.05, 3.63) is 119 Å². The zero-order valence-electron chi connectivity index (χ0n) is 18.3. The predicted octanol–water partition coefficient (Wildman–Crippen LogP) is 9.33. The Hall–Kier alpha value is -2.83. The van der Waals surface area contributed by atoms with Crippen LogP contribution >= 0.6 is 19.6 Å². The van der Waals surface area contributed by atoms with E-state index in [9.17, 15) is 25.2 Å². The van der Waals surface area contributed by atoms with E-state index in [2.05, 4.69) is 116 Å². The molecule has 0 radical (unpaired) electrons. The molecule has 0 aromatic heterocycles. The monoisotopic (exact) mass is 513 g/mol. The van der Waals surface area contributed by atoms with Gasteiger partial charge in [-0.25, -0.2) is 4.58 Å². The van der Waals surface area contributed by atoms with E-state index in [1.807, 2.05) is 11.8 Å². The van der Waals surface area contributed by atoms with Gasteiger partial charge in [0.15, 0.2) is 5.71 Å². The second-order valence-electron chi connectivity index (χ2n) is 7.71. The second kappa shape index (κ2) is 9.08. The molecule has 0 spiro atoms. The first kappa shape index (κ1) is 25.8. The normalized spacial score (nSPS) is 17.7. The van der Waals surface area contributed by atoms with E-state index in [4.69, 9.17) is 0 Å². The number of nitrogens with zero attached hydrogens (tertiary/aromatic N) is 1. The molecule has 2 aromatic carbocycles. The number of rotatable bonds is 2. The second-order valence-corrected chi connectivity index (χ2v) is 10.7. The van der Waals surface area contributed by atoms with Gasteiger partial charge >= 0.3 is 33.0 Å². The summed E-state index contributed by atoms with van der Waals surface area (Å²) in [6.07, 6.45) is 13.4. The molecule has 0 saturated heterocycles. The molecule has 0 fully saturated rings. The molecule has 34 heavy (non-hydrogen) atoms. The first-order valence-electron chi connectivity index (χ1n) is 10.1. The van der Waals surface area contributed by atoms with E-state index in [0.29, 0.717) is 0 Å². The van der Waals surface area contributed by atoms with E-state index in [1.54, 1.807) is 0 Å². The molecule has 1 nitrogen and oxygen atoms in total. The summed E-state index contributed by atoms with van der Waals surface area (Å²) in [6.45, 7) is 0. The van der Waals surface area contributed by atoms with E-state index in [0.717, 1.165) is 0 Å². The van der Waals surface area contributed by atoms with Crippen LogP contribution in [0.25, 0.3) is 10.5 Å². The summed E-state index contributed by atoms with van der Waals surface area (Å²) in [7, 11) is -6.52. The molecule has 0 atom stereocenters. The Morgan fingerprint density at radius 2 is 1.12 bits per heavy atom. The number of hydrogen-bond acceptors (Lipinski definition) is 1. The van der Waals surface area contributed by atoms with Crippen molar-refractivity contribution in [1.29, 1.82) is 0 Å². The Balaban J connectivity index is 0.000000406. The van der Waals surface area contributed by atoms with Gasteiger partial charge in [-0.2, -0.15) is 0 Å². The fourth-order valence-electron chi connectivity index (χ4n) is 3.11. The Kier molecular flexibility index (Phi) is 6.89. The molecule has 2 aliphatic rings. The number of thioether (sulfide) groups is 1. The summed E-state index contributed by atoms with van der Waals surface area (Å²) >= 11 is 1.84. The Morgan fingerprint density at radius 1 is 0.647 bits per heavy atom. The van der Waals surface area contributed by atoms with Gasteiger partial charge in [0.2, 0.25) is 0 Å². The summed E-state index contributed by atoms with van der Waals surface area (Å²) in [4.78, 5) is 2.56. The van der Waals surface area contributed by atoms with Crippen molar-refractivity contribution in [2.75, 3.05) is 14.1 Å². The van der Waals surface area contributed by atoms with Crippen molar-refractivity contribution >= 4 is 35.8 Å². The van der Waals surface area contributed by atoms with E-state index >= 15 is 0 Å². The van der Waals surface area contributed by atoms with Gasteiger partial charge in [-0.1, -0.05) is 72.4 Å². The van der Waals surface area contributed by atoms with Gasteiger partial charge in [-0.3, -0.25) is 0 Å². The zero-order chi connectivity index (χ0) is 25.0. The van der Waals surface area contributed by atoms with Crippen molar-refractivity contribution < 1.29 is 29.8 Å². The van der Waals surface area contributed by atoms with Crippen LogP contribution in [-0.4, -0.2) is 24.4 Å². The maximum absolute atomic E-state index is 10.7. The maximum atomic E-state index is 9.87. The number of halogens is 6. The number of hydrogen-bond donors (Lipinski definition) is 0. The molecule has 1 aliphatic carbocycles. The topological polar surface area (TPSA) is 3.01 Å². The van der Waals surface area contributed by atoms with Crippen molar-refractivity contribution in [2.24, 2.45) is 0 Å². The number of allylic oxidation sites excluding steroid dienone is 8. The molecule has 9 heteroatoms. The van der Waals surface area contributed by atoms with Gasteiger partial charge in [-0.15, -0.1) is 0 Å². The average molecular weight is 513 g/mol. The Morgan fingerprint density at radius 3 is 1.59 bits per heavy atom. The van der Waals surface area contributed by atoms with Gasteiger partial charge in [0.25, 0.3) is 0 Å². The molecular weight excluding hydrogens is 491 g/mol. The van der Waals surface area contributed by atoms with Crippen molar-refractivity contribution in [3.63, 3.8) is 0 Å². The summed E-state index contributed by atoms with van der Waals surface area (Å²) < 4.78 is 61.3. The summed E-state index contributed by atoms with van der Waals surface area (Å²) in [6, 6.07) is 21.2. The van der Waals surface area contributed by atoms with E-state index in [-0.39, 0.29) is 0 Å². The molecule has 1 aliphatic heterocycles. The van der Waals surface area contributed by atoms with Crippen LogP contribution in [-0.2, 0) is 0 Å². The van der Waals surface area contributed by atoms with Crippen molar-refractivity contribution in [3.8, 4) is 0 Å². The minimum absolute atomic E-state index is 1.21. The standard InChI is InChI=1S/C25H22NS.F6P/c1-26(2)23-15-13-21(14-16-23)25-18-22(19-9-5-3-6-10-19)17-24(27-25)20-11-7-4-8-12-20;1-7(2,3,4,5)6/h3-18H,1-2H3;/q+1;-1.